The van der Waals surface area contributed by atoms with Crippen LogP contribution in [0.5, 0.6) is 0 Å². The Hall–Kier alpha value is -1.28. The summed E-state index contributed by atoms with van der Waals surface area (Å²) in [4.78, 5) is 0. The van der Waals surface area contributed by atoms with Crippen LogP contribution in [0.1, 0.15) is 19.3 Å². The number of hydrogen-bond acceptors (Lipinski definition) is 2. The second-order valence-corrected chi connectivity index (χ2v) is 4.30. The lowest BCUT2D eigenvalue weighted by atomic mass is 9.90. The summed E-state index contributed by atoms with van der Waals surface area (Å²) in [6, 6.07) is 0.214. The van der Waals surface area contributed by atoms with Gasteiger partial charge in [0.15, 0.2) is 0 Å². The minimum absolute atomic E-state index is 0.214. The van der Waals surface area contributed by atoms with E-state index < -0.39 is 0 Å². The average molecular weight is 202 g/mol. The second kappa shape index (κ2) is 4.49. The van der Waals surface area contributed by atoms with Gasteiger partial charge in [0.05, 0.1) is 0 Å². The van der Waals surface area contributed by atoms with Crippen LogP contribution in [0, 0.1) is 5.92 Å². The summed E-state index contributed by atoms with van der Waals surface area (Å²) >= 11 is 0. The first-order valence-electron chi connectivity index (χ1n) is 5.50. The van der Waals surface area contributed by atoms with Crippen molar-refractivity contribution >= 4 is 0 Å². The summed E-state index contributed by atoms with van der Waals surface area (Å²) in [5, 5.41) is 0. The molecule has 0 aromatic heterocycles. The van der Waals surface area contributed by atoms with Gasteiger partial charge in [0.25, 0.3) is 0 Å². The van der Waals surface area contributed by atoms with Crippen molar-refractivity contribution in [1.82, 2.24) is 0 Å². The Bertz CT molecular complexity index is 348. The van der Waals surface area contributed by atoms with Crippen molar-refractivity contribution in [3.63, 3.8) is 0 Å². The van der Waals surface area contributed by atoms with Crippen molar-refractivity contribution in [1.29, 1.82) is 0 Å². The Kier molecular flexibility index (Phi) is 3.07. The summed E-state index contributed by atoms with van der Waals surface area (Å²) < 4.78 is 0. The van der Waals surface area contributed by atoms with Gasteiger partial charge in [-0.2, -0.15) is 0 Å². The largest absolute Gasteiger partial charge is 0.399 e. The Balaban J connectivity index is 1.89. The van der Waals surface area contributed by atoms with E-state index in [1.165, 1.54) is 5.57 Å². The van der Waals surface area contributed by atoms with Crippen LogP contribution in [0.25, 0.3) is 0 Å². The molecule has 0 radical (unpaired) electrons. The molecule has 0 aliphatic heterocycles. The molecule has 0 saturated carbocycles. The van der Waals surface area contributed by atoms with Gasteiger partial charge in [0.1, 0.15) is 0 Å². The summed E-state index contributed by atoms with van der Waals surface area (Å²) in [6.07, 6.45) is 15.9. The molecule has 4 N–H and O–H groups in total. The highest BCUT2D eigenvalue weighted by Gasteiger charge is 2.11. The summed E-state index contributed by atoms with van der Waals surface area (Å²) in [5.41, 5.74) is 13.7. The average Bonchev–Trinajstić information content (AvgIpc) is 2.25. The van der Waals surface area contributed by atoms with Crippen LogP contribution < -0.4 is 11.5 Å². The molecule has 2 rings (SSSR count). The highest BCUT2D eigenvalue weighted by atomic mass is 14.6. The topological polar surface area (TPSA) is 52.0 Å². The Morgan fingerprint density at radius 1 is 1.13 bits per heavy atom. The van der Waals surface area contributed by atoms with Crippen molar-refractivity contribution in [3.05, 3.63) is 47.7 Å². The molecule has 0 bridgehead atoms. The van der Waals surface area contributed by atoms with Crippen LogP contribution in [0.15, 0.2) is 47.7 Å². The molecule has 2 aliphatic rings. The predicted octanol–water partition coefficient (Wildman–Crippen LogP) is 2.01. The fourth-order valence-corrected chi connectivity index (χ4v) is 1.97. The monoisotopic (exact) mass is 202 g/mol. The molecular weight excluding hydrogens is 184 g/mol. The smallest absolute Gasteiger partial charge is 0.0270 e. The predicted molar refractivity (Wildman–Crippen MR) is 63.9 cm³/mol. The van der Waals surface area contributed by atoms with Gasteiger partial charge in [-0.05, 0) is 31.3 Å². The van der Waals surface area contributed by atoms with Gasteiger partial charge in [0, 0.05) is 11.7 Å². The summed E-state index contributed by atoms with van der Waals surface area (Å²) in [6.45, 7) is 0. The second-order valence-electron chi connectivity index (χ2n) is 4.30. The van der Waals surface area contributed by atoms with Crippen LogP contribution in [-0.4, -0.2) is 6.04 Å². The molecule has 80 valence electrons. The Morgan fingerprint density at radius 3 is 2.60 bits per heavy atom. The van der Waals surface area contributed by atoms with Gasteiger partial charge in [0.2, 0.25) is 0 Å². The van der Waals surface area contributed by atoms with Crippen LogP contribution in [0.2, 0.25) is 0 Å². The molecule has 0 heterocycles. The standard InChI is InChI=1S/C13H18N2/c14-12-5-1-10(2-6-12)9-11-3-7-13(15)8-4-11/h1-3,5,7-8,11-12H,4,6,9,14-15H2. The first-order valence-corrected chi connectivity index (χ1v) is 5.50. The van der Waals surface area contributed by atoms with Gasteiger partial charge >= 0.3 is 0 Å². The van der Waals surface area contributed by atoms with E-state index in [0.29, 0.717) is 5.92 Å². The van der Waals surface area contributed by atoms with E-state index in [0.717, 1.165) is 25.0 Å². The van der Waals surface area contributed by atoms with E-state index in [2.05, 4.69) is 30.4 Å². The number of nitrogens with two attached hydrogens (primary N) is 2. The van der Waals surface area contributed by atoms with Crippen LogP contribution in [0.3, 0.4) is 0 Å². The van der Waals surface area contributed by atoms with E-state index in [1.54, 1.807) is 0 Å². The Labute approximate surface area is 91.0 Å². The maximum absolute atomic E-state index is 5.78. The maximum atomic E-state index is 5.78. The Morgan fingerprint density at radius 2 is 2.00 bits per heavy atom. The lowest BCUT2D eigenvalue weighted by Crippen LogP contribution is -2.18. The minimum Gasteiger partial charge on any atom is -0.399 e. The van der Waals surface area contributed by atoms with Gasteiger partial charge in [-0.15, -0.1) is 0 Å². The number of allylic oxidation sites excluding steroid dienone is 5. The fraction of sp³-hybridized carbons (Fsp3) is 0.385. The zero-order valence-electron chi connectivity index (χ0n) is 8.89. The van der Waals surface area contributed by atoms with Crippen LogP contribution >= 0.6 is 0 Å². The molecule has 2 unspecified atom stereocenters. The minimum atomic E-state index is 0.214. The zero-order chi connectivity index (χ0) is 10.7. The molecule has 2 heteroatoms. The van der Waals surface area contributed by atoms with E-state index in [9.17, 15) is 0 Å². The molecular formula is C13H18N2. The maximum Gasteiger partial charge on any atom is 0.0270 e. The number of rotatable bonds is 2. The van der Waals surface area contributed by atoms with Crippen molar-refractivity contribution < 1.29 is 0 Å². The third-order valence-electron chi connectivity index (χ3n) is 2.92. The van der Waals surface area contributed by atoms with Crippen molar-refractivity contribution in [3.8, 4) is 0 Å². The molecule has 0 amide bonds. The lowest BCUT2D eigenvalue weighted by Gasteiger charge is -2.18. The van der Waals surface area contributed by atoms with Crippen molar-refractivity contribution in [2.45, 2.75) is 25.3 Å². The van der Waals surface area contributed by atoms with E-state index in [1.807, 2.05) is 6.08 Å². The van der Waals surface area contributed by atoms with Gasteiger partial charge < -0.3 is 11.5 Å². The highest BCUT2D eigenvalue weighted by Crippen LogP contribution is 2.24. The SMILES string of the molecule is NC1=CCC(CC2=CCC(N)C=C2)C=C1. The van der Waals surface area contributed by atoms with E-state index >= 15 is 0 Å². The zero-order valence-corrected chi connectivity index (χ0v) is 8.89. The van der Waals surface area contributed by atoms with E-state index in [4.69, 9.17) is 11.5 Å². The molecule has 0 aromatic carbocycles. The van der Waals surface area contributed by atoms with E-state index in [-0.39, 0.29) is 6.04 Å². The fourth-order valence-electron chi connectivity index (χ4n) is 1.97. The quantitative estimate of drug-likeness (QED) is 0.719. The molecule has 0 fully saturated rings. The van der Waals surface area contributed by atoms with Gasteiger partial charge in [-0.1, -0.05) is 36.0 Å². The van der Waals surface area contributed by atoms with Crippen molar-refractivity contribution in [2.24, 2.45) is 17.4 Å². The number of hydrogen-bond donors (Lipinski definition) is 2. The molecule has 2 aliphatic carbocycles. The van der Waals surface area contributed by atoms with Crippen molar-refractivity contribution in [2.75, 3.05) is 0 Å². The third-order valence-corrected chi connectivity index (χ3v) is 2.92. The summed E-state index contributed by atoms with van der Waals surface area (Å²) in [7, 11) is 0. The van der Waals surface area contributed by atoms with Gasteiger partial charge in [-0.25, -0.2) is 0 Å². The molecule has 0 aromatic rings. The third kappa shape index (κ3) is 2.83. The normalized spacial score (nSPS) is 29.9. The molecule has 15 heavy (non-hydrogen) atoms. The van der Waals surface area contributed by atoms with Crippen LogP contribution in [-0.2, 0) is 0 Å². The molecule has 2 atom stereocenters. The first kappa shape index (κ1) is 10.2. The van der Waals surface area contributed by atoms with Gasteiger partial charge in [-0.3, -0.25) is 0 Å². The molecule has 0 saturated heterocycles. The lowest BCUT2D eigenvalue weighted by molar-refractivity contribution is 0.644. The molecule has 0 spiro atoms. The summed E-state index contributed by atoms with van der Waals surface area (Å²) in [5.74, 6) is 0.600. The highest BCUT2D eigenvalue weighted by molar-refractivity contribution is 5.28. The first-order chi connectivity index (χ1) is 7.24. The van der Waals surface area contributed by atoms with Crippen LogP contribution in [0.4, 0.5) is 0 Å². The molecule has 2 nitrogen and oxygen atoms in total.